The maximum atomic E-state index is 12.0. The Morgan fingerprint density at radius 1 is 1.35 bits per heavy atom. The molecule has 2 rings (SSSR count). The molecule has 0 aliphatic carbocycles. The van der Waals surface area contributed by atoms with Gasteiger partial charge >= 0.3 is 0 Å². The number of nitrogens with zero attached hydrogens (tertiary/aromatic N) is 1. The Bertz CT molecular complexity index is 582. The molecule has 0 saturated heterocycles. The highest BCUT2D eigenvalue weighted by atomic mass is 35.5. The van der Waals surface area contributed by atoms with Gasteiger partial charge in [-0.25, -0.2) is 0 Å². The van der Waals surface area contributed by atoms with E-state index in [1.807, 2.05) is 31.2 Å². The molecule has 1 heterocycles. The molecule has 0 atom stereocenters. The molecule has 0 aliphatic heterocycles. The molecule has 1 amide bonds. The number of hydrogen-bond acceptors (Lipinski definition) is 3. The topological polar surface area (TPSA) is 45.5 Å². The van der Waals surface area contributed by atoms with Crippen LogP contribution in [0.2, 0.25) is 5.02 Å². The molecular weight excluding hydrogens is 276 g/mol. The predicted molar refractivity (Wildman–Crippen MR) is 79.9 cm³/mol. The first-order valence-corrected chi connectivity index (χ1v) is 6.71. The molecule has 0 radical (unpaired) electrons. The zero-order valence-corrected chi connectivity index (χ0v) is 12.3. The molecule has 20 heavy (non-hydrogen) atoms. The van der Waals surface area contributed by atoms with Gasteiger partial charge in [0.1, 0.15) is 5.76 Å². The molecule has 1 aromatic heterocycles. The lowest BCUT2D eigenvalue weighted by atomic mass is 10.2. The third-order valence-corrected chi connectivity index (χ3v) is 3.51. The maximum absolute atomic E-state index is 12.0. The lowest BCUT2D eigenvalue weighted by Gasteiger charge is -2.17. The van der Waals surface area contributed by atoms with Gasteiger partial charge in [-0.15, -0.1) is 0 Å². The van der Waals surface area contributed by atoms with Gasteiger partial charge in [-0.05, 0) is 36.8 Å². The number of likely N-dealkylation sites (N-methyl/N-ethyl adjacent to an activating group) is 1. The highest BCUT2D eigenvalue weighted by Gasteiger charge is 2.11. The van der Waals surface area contributed by atoms with Gasteiger partial charge in [0.05, 0.1) is 19.4 Å². The number of carbonyl (C=O) groups is 1. The van der Waals surface area contributed by atoms with Gasteiger partial charge < -0.3 is 14.6 Å². The fourth-order valence-corrected chi connectivity index (χ4v) is 2.00. The summed E-state index contributed by atoms with van der Waals surface area (Å²) in [6, 6.07) is 9.24. The summed E-state index contributed by atoms with van der Waals surface area (Å²) in [6.45, 7) is 2.60. The summed E-state index contributed by atoms with van der Waals surface area (Å²) in [7, 11) is 1.75. The lowest BCUT2D eigenvalue weighted by Crippen LogP contribution is -2.31. The summed E-state index contributed by atoms with van der Waals surface area (Å²) < 4.78 is 5.22. The smallest absolute Gasteiger partial charge is 0.242 e. The zero-order valence-electron chi connectivity index (χ0n) is 11.5. The molecule has 0 saturated carbocycles. The van der Waals surface area contributed by atoms with Gasteiger partial charge in [0.25, 0.3) is 0 Å². The molecule has 0 unspecified atom stereocenters. The van der Waals surface area contributed by atoms with Crippen molar-refractivity contribution >= 4 is 23.2 Å². The Morgan fingerprint density at radius 2 is 2.15 bits per heavy atom. The van der Waals surface area contributed by atoms with Gasteiger partial charge in [-0.1, -0.05) is 17.7 Å². The summed E-state index contributed by atoms with van der Waals surface area (Å²) in [5.41, 5.74) is 1.81. The number of benzene rings is 1. The largest absolute Gasteiger partial charge is 0.467 e. The summed E-state index contributed by atoms with van der Waals surface area (Å²) in [5.74, 6) is 0.751. The number of nitrogens with one attached hydrogen (secondary N) is 1. The van der Waals surface area contributed by atoms with E-state index < -0.39 is 0 Å². The second-order valence-electron chi connectivity index (χ2n) is 4.60. The molecule has 0 aliphatic rings. The van der Waals surface area contributed by atoms with Crippen molar-refractivity contribution in [1.82, 2.24) is 4.90 Å². The van der Waals surface area contributed by atoms with E-state index in [4.69, 9.17) is 16.0 Å². The first kappa shape index (κ1) is 14.5. The van der Waals surface area contributed by atoms with Gasteiger partial charge in [-0.3, -0.25) is 4.79 Å². The molecule has 1 N–H and O–H groups in total. The van der Waals surface area contributed by atoms with Crippen LogP contribution in [-0.4, -0.2) is 24.4 Å². The monoisotopic (exact) mass is 292 g/mol. The third kappa shape index (κ3) is 3.54. The van der Waals surface area contributed by atoms with Gasteiger partial charge in [0.2, 0.25) is 5.91 Å². The van der Waals surface area contributed by atoms with Crippen molar-refractivity contribution in [2.24, 2.45) is 0 Å². The number of carbonyl (C=O) groups excluding carboxylic acids is 1. The number of anilines is 1. The summed E-state index contributed by atoms with van der Waals surface area (Å²) in [6.07, 6.45) is 1.60. The standard InChI is InChI=1S/C15H17ClN2O2/c1-11-13(16)6-3-7-14(11)17-9-15(19)18(2)10-12-5-4-8-20-12/h3-8,17H,9-10H2,1-2H3. The van der Waals surface area contributed by atoms with Crippen LogP contribution in [0.4, 0.5) is 5.69 Å². The zero-order chi connectivity index (χ0) is 14.5. The van der Waals surface area contributed by atoms with Crippen LogP contribution >= 0.6 is 11.6 Å². The SMILES string of the molecule is Cc1c(Cl)cccc1NCC(=O)N(C)Cc1ccco1. The van der Waals surface area contributed by atoms with E-state index in [0.29, 0.717) is 11.6 Å². The van der Waals surface area contributed by atoms with Crippen molar-refractivity contribution in [2.75, 3.05) is 18.9 Å². The van der Waals surface area contributed by atoms with E-state index in [1.54, 1.807) is 24.3 Å². The minimum absolute atomic E-state index is 0.0132. The van der Waals surface area contributed by atoms with Crippen molar-refractivity contribution in [3.05, 3.63) is 52.9 Å². The van der Waals surface area contributed by atoms with Crippen LogP contribution in [0, 0.1) is 6.92 Å². The second kappa shape index (κ2) is 6.48. The summed E-state index contributed by atoms with van der Waals surface area (Å²) in [4.78, 5) is 13.6. The van der Waals surface area contributed by atoms with Crippen LogP contribution in [0.1, 0.15) is 11.3 Å². The molecule has 106 valence electrons. The maximum Gasteiger partial charge on any atom is 0.242 e. The van der Waals surface area contributed by atoms with Crippen molar-refractivity contribution in [2.45, 2.75) is 13.5 Å². The Morgan fingerprint density at radius 3 is 2.85 bits per heavy atom. The van der Waals surface area contributed by atoms with E-state index in [0.717, 1.165) is 17.0 Å². The fraction of sp³-hybridized carbons (Fsp3) is 0.267. The van der Waals surface area contributed by atoms with Crippen molar-refractivity contribution in [3.63, 3.8) is 0 Å². The van der Waals surface area contributed by atoms with E-state index in [2.05, 4.69) is 5.32 Å². The first-order chi connectivity index (χ1) is 9.58. The van der Waals surface area contributed by atoms with Gasteiger partial charge in [0, 0.05) is 17.8 Å². The average molecular weight is 293 g/mol. The summed E-state index contributed by atoms with van der Waals surface area (Å²) >= 11 is 6.04. The molecule has 0 spiro atoms. The molecule has 5 heteroatoms. The molecule has 1 aromatic carbocycles. The molecule has 4 nitrogen and oxygen atoms in total. The van der Waals surface area contributed by atoms with Crippen LogP contribution < -0.4 is 5.32 Å². The number of amides is 1. The molecule has 0 fully saturated rings. The lowest BCUT2D eigenvalue weighted by molar-refractivity contribution is -0.128. The second-order valence-corrected chi connectivity index (χ2v) is 5.00. The van der Waals surface area contributed by atoms with Gasteiger partial charge in [-0.2, -0.15) is 0 Å². The average Bonchev–Trinajstić information content (AvgIpc) is 2.93. The highest BCUT2D eigenvalue weighted by molar-refractivity contribution is 6.31. The normalized spacial score (nSPS) is 10.3. The third-order valence-electron chi connectivity index (χ3n) is 3.10. The van der Waals surface area contributed by atoms with Crippen LogP contribution in [-0.2, 0) is 11.3 Å². The van der Waals surface area contributed by atoms with Crippen LogP contribution in [0.5, 0.6) is 0 Å². The van der Waals surface area contributed by atoms with Crippen LogP contribution in [0.15, 0.2) is 41.0 Å². The van der Waals surface area contributed by atoms with Crippen molar-refractivity contribution in [3.8, 4) is 0 Å². The van der Waals surface area contributed by atoms with Crippen LogP contribution in [0.25, 0.3) is 0 Å². The number of rotatable bonds is 5. The predicted octanol–water partition coefficient (Wildman–Crippen LogP) is 3.31. The van der Waals surface area contributed by atoms with E-state index in [9.17, 15) is 4.79 Å². The number of hydrogen-bond donors (Lipinski definition) is 1. The quantitative estimate of drug-likeness (QED) is 0.919. The molecular formula is C15H17ClN2O2. The van der Waals surface area contributed by atoms with E-state index >= 15 is 0 Å². The number of halogens is 1. The Balaban J connectivity index is 1.90. The van der Waals surface area contributed by atoms with E-state index in [1.165, 1.54) is 0 Å². The van der Waals surface area contributed by atoms with Crippen LogP contribution in [0.3, 0.4) is 0 Å². The van der Waals surface area contributed by atoms with Gasteiger partial charge in [0.15, 0.2) is 0 Å². The van der Waals surface area contributed by atoms with Crippen molar-refractivity contribution in [1.29, 1.82) is 0 Å². The minimum Gasteiger partial charge on any atom is -0.467 e. The Kier molecular flexibility index (Phi) is 4.69. The number of furan rings is 1. The Hall–Kier alpha value is -1.94. The molecule has 2 aromatic rings. The van der Waals surface area contributed by atoms with E-state index in [-0.39, 0.29) is 12.5 Å². The first-order valence-electron chi connectivity index (χ1n) is 6.33. The van der Waals surface area contributed by atoms with Crippen molar-refractivity contribution < 1.29 is 9.21 Å². The molecule has 0 bridgehead atoms. The fourth-order valence-electron chi connectivity index (χ4n) is 1.83. The Labute approximate surface area is 123 Å². The minimum atomic E-state index is -0.0132. The highest BCUT2D eigenvalue weighted by Crippen LogP contribution is 2.22. The summed E-state index contributed by atoms with van der Waals surface area (Å²) in [5, 5.41) is 3.79.